The molecule has 0 amide bonds. The van der Waals surface area contributed by atoms with Crippen LogP contribution >= 0.6 is 11.3 Å². The first-order valence-electron chi connectivity index (χ1n) is 9.04. The van der Waals surface area contributed by atoms with E-state index in [4.69, 9.17) is 14.7 Å². The SMILES string of the molecule is Cc1cc2c(cc1Cc1ccc(C#N)s1)[C@]1(OC2)O[C@H](C)C[C@H](O)C1C. The number of fused-ring (bicyclic) bond motifs is 2. The molecular weight excluding hydrogens is 346 g/mol. The fraction of sp³-hybridized carbons (Fsp3) is 0.476. The van der Waals surface area contributed by atoms with Gasteiger partial charge in [-0.1, -0.05) is 13.0 Å². The molecule has 1 N–H and O–H groups in total. The third-order valence-corrected chi connectivity index (χ3v) is 6.63. The monoisotopic (exact) mass is 369 g/mol. The van der Waals surface area contributed by atoms with E-state index in [-0.39, 0.29) is 12.0 Å². The van der Waals surface area contributed by atoms with Crippen LogP contribution in [0.3, 0.4) is 0 Å². The van der Waals surface area contributed by atoms with E-state index in [1.807, 2.05) is 26.0 Å². The van der Waals surface area contributed by atoms with Gasteiger partial charge in [0.25, 0.3) is 0 Å². The van der Waals surface area contributed by atoms with Gasteiger partial charge in [0.1, 0.15) is 10.9 Å². The number of aryl methyl sites for hydroxylation is 1. The van der Waals surface area contributed by atoms with E-state index in [0.717, 1.165) is 22.4 Å². The van der Waals surface area contributed by atoms with E-state index in [2.05, 4.69) is 25.1 Å². The predicted octanol–water partition coefficient (Wildman–Crippen LogP) is 4.01. The second-order valence-corrected chi connectivity index (χ2v) is 8.64. The Morgan fingerprint density at radius 1 is 1.35 bits per heavy atom. The van der Waals surface area contributed by atoms with Crippen LogP contribution in [0.5, 0.6) is 0 Å². The Hall–Kier alpha value is -1.71. The van der Waals surface area contributed by atoms with Gasteiger partial charge in [-0.15, -0.1) is 11.3 Å². The first-order chi connectivity index (χ1) is 12.4. The average Bonchev–Trinajstić information content (AvgIpc) is 3.19. The molecule has 26 heavy (non-hydrogen) atoms. The number of hydrogen-bond donors (Lipinski definition) is 1. The van der Waals surface area contributed by atoms with Gasteiger partial charge in [0.2, 0.25) is 5.79 Å². The minimum atomic E-state index is -0.859. The summed E-state index contributed by atoms with van der Waals surface area (Å²) in [6, 6.07) is 10.5. The Kier molecular flexibility index (Phi) is 4.40. The summed E-state index contributed by atoms with van der Waals surface area (Å²) in [6.07, 6.45) is 0.929. The molecule has 1 unspecified atom stereocenters. The maximum Gasteiger partial charge on any atom is 0.200 e. The van der Waals surface area contributed by atoms with Gasteiger partial charge < -0.3 is 14.6 Å². The highest BCUT2D eigenvalue weighted by Gasteiger charge is 2.52. The van der Waals surface area contributed by atoms with Crippen LogP contribution in [0.25, 0.3) is 0 Å². The van der Waals surface area contributed by atoms with Crippen molar-refractivity contribution in [1.29, 1.82) is 5.26 Å². The van der Waals surface area contributed by atoms with E-state index < -0.39 is 11.9 Å². The number of rotatable bonds is 2. The molecule has 136 valence electrons. The van der Waals surface area contributed by atoms with Crippen molar-refractivity contribution in [3.05, 3.63) is 56.3 Å². The summed E-state index contributed by atoms with van der Waals surface area (Å²) in [4.78, 5) is 1.91. The zero-order chi connectivity index (χ0) is 18.5. The Morgan fingerprint density at radius 3 is 2.88 bits per heavy atom. The van der Waals surface area contributed by atoms with Crippen molar-refractivity contribution in [1.82, 2.24) is 0 Å². The summed E-state index contributed by atoms with van der Waals surface area (Å²) in [5, 5.41) is 19.5. The molecule has 4 rings (SSSR count). The second-order valence-electron chi connectivity index (χ2n) is 7.47. The van der Waals surface area contributed by atoms with Crippen LogP contribution in [-0.2, 0) is 28.3 Å². The molecule has 4 atom stereocenters. The number of ether oxygens (including phenoxy) is 2. The van der Waals surface area contributed by atoms with Crippen LogP contribution in [0.15, 0.2) is 24.3 Å². The van der Waals surface area contributed by atoms with Crippen molar-refractivity contribution in [2.45, 2.75) is 58.2 Å². The minimum Gasteiger partial charge on any atom is -0.393 e. The van der Waals surface area contributed by atoms with E-state index in [1.54, 1.807) is 0 Å². The van der Waals surface area contributed by atoms with Crippen LogP contribution in [0.4, 0.5) is 0 Å². The number of nitriles is 1. The van der Waals surface area contributed by atoms with Crippen molar-refractivity contribution in [2.75, 3.05) is 0 Å². The average molecular weight is 369 g/mol. The first-order valence-corrected chi connectivity index (χ1v) is 9.86. The van der Waals surface area contributed by atoms with Crippen molar-refractivity contribution in [2.24, 2.45) is 5.92 Å². The Bertz CT molecular complexity index is 884. The van der Waals surface area contributed by atoms with Gasteiger partial charge in [0.15, 0.2) is 0 Å². The number of aliphatic hydroxyl groups is 1. The van der Waals surface area contributed by atoms with Gasteiger partial charge in [-0.3, -0.25) is 0 Å². The number of nitrogens with zero attached hydrogens (tertiary/aromatic N) is 1. The second kappa shape index (κ2) is 6.47. The lowest BCUT2D eigenvalue weighted by molar-refractivity contribution is -0.323. The van der Waals surface area contributed by atoms with E-state index in [0.29, 0.717) is 13.0 Å². The summed E-state index contributed by atoms with van der Waals surface area (Å²) in [5.74, 6) is -0.982. The highest BCUT2D eigenvalue weighted by atomic mass is 32.1. The predicted molar refractivity (Wildman–Crippen MR) is 99.8 cm³/mol. The van der Waals surface area contributed by atoms with Gasteiger partial charge in [-0.2, -0.15) is 5.26 Å². The van der Waals surface area contributed by atoms with Crippen molar-refractivity contribution >= 4 is 11.3 Å². The zero-order valence-corrected chi connectivity index (χ0v) is 16.1. The third-order valence-electron chi connectivity index (χ3n) is 5.64. The minimum absolute atomic E-state index is 0.0487. The Labute approximate surface area is 158 Å². The molecule has 0 radical (unpaired) electrons. The van der Waals surface area contributed by atoms with Gasteiger partial charge in [0.05, 0.1) is 18.8 Å². The lowest BCUT2D eigenvalue weighted by Crippen LogP contribution is -2.50. The lowest BCUT2D eigenvalue weighted by atomic mass is 9.82. The molecule has 4 nitrogen and oxygen atoms in total. The quantitative estimate of drug-likeness (QED) is 0.869. The highest BCUT2D eigenvalue weighted by Crippen LogP contribution is 2.49. The number of thiophene rings is 1. The normalized spacial score (nSPS) is 30.3. The van der Waals surface area contributed by atoms with Gasteiger partial charge >= 0.3 is 0 Å². The van der Waals surface area contributed by atoms with Crippen LogP contribution in [0.2, 0.25) is 0 Å². The molecule has 2 aliphatic rings. The van der Waals surface area contributed by atoms with Crippen molar-refractivity contribution in [3.63, 3.8) is 0 Å². The summed E-state index contributed by atoms with van der Waals surface area (Å²) in [6.45, 7) is 6.62. The smallest absolute Gasteiger partial charge is 0.200 e. The molecule has 1 fully saturated rings. The molecule has 2 aromatic rings. The van der Waals surface area contributed by atoms with Crippen LogP contribution < -0.4 is 0 Å². The number of benzene rings is 1. The molecule has 5 heteroatoms. The highest BCUT2D eigenvalue weighted by molar-refractivity contribution is 7.12. The summed E-state index contributed by atoms with van der Waals surface area (Å²) >= 11 is 1.53. The molecule has 1 spiro atoms. The van der Waals surface area contributed by atoms with E-state index in [9.17, 15) is 5.11 Å². The van der Waals surface area contributed by atoms with Crippen LogP contribution in [0, 0.1) is 24.2 Å². The summed E-state index contributed by atoms with van der Waals surface area (Å²) < 4.78 is 12.5. The van der Waals surface area contributed by atoms with E-state index >= 15 is 0 Å². The number of aliphatic hydroxyl groups excluding tert-OH is 1. The Balaban J connectivity index is 1.73. The Morgan fingerprint density at radius 2 is 2.15 bits per heavy atom. The fourth-order valence-corrected chi connectivity index (χ4v) is 4.98. The molecule has 1 aromatic carbocycles. The fourth-order valence-electron chi connectivity index (χ4n) is 4.16. The first kappa shape index (κ1) is 17.7. The topological polar surface area (TPSA) is 62.5 Å². The number of hydrogen-bond acceptors (Lipinski definition) is 5. The van der Waals surface area contributed by atoms with Gasteiger partial charge in [0, 0.05) is 22.8 Å². The van der Waals surface area contributed by atoms with Crippen LogP contribution in [-0.4, -0.2) is 17.3 Å². The van der Waals surface area contributed by atoms with Gasteiger partial charge in [-0.05, 0) is 55.2 Å². The van der Waals surface area contributed by atoms with Crippen molar-refractivity contribution in [3.8, 4) is 6.07 Å². The molecule has 0 aliphatic carbocycles. The zero-order valence-electron chi connectivity index (χ0n) is 15.3. The summed E-state index contributed by atoms with van der Waals surface area (Å²) in [7, 11) is 0. The van der Waals surface area contributed by atoms with Gasteiger partial charge in [-0.25, -0.2) is 0 Å². The standard InChI is InChI=1S/C21H23NO3S/c1-12-6-16-11-24-21(14(3)20(23)7-13(2)25-21)19(16)9-15(12)8-17-4-5-18(10-22)26-17/h4-6,9,13-14,20,23H,7-8,11H2,1-3H3/t13-,14?,20+,21-/m1/s1. The molecule has 1 aromatic heterocycles. The third kappa shape index (κ3) is 2.78. The molecule has 3 heterocycles. The van der Waals surface area contributed by atoms with Crippen LogP contribution in [0.1, 0.15) is 52.3 Å². The largest absolute Gasteiger partial charge is 0.393 e. The molecule has 0 bridgehead atoms. The molecule has 2 aliphatic heterocycles. The lowest BCUT2D eigenvalue weighted by Gasteiger charge is -2.44. The van der Waals surface area contributed by atoms with Crippen molar-refractivity contribution < 1.29 is 14.6 Å². The molecule has 0 saturated carbocycles. The maximum atomic E-state index is 10.5. The van der Waals surface area contributed by atoms with E-state index in [1.165, 1.54) is 27.3 Å². The summed E-state index contributed by atoms with van der Waals surface area (Å²) in [5.41, 5.74) is 4.62. The molecular formula is C21H23NO3S. The maximum absolute atomic E-state index is 10.5. The molecule has 1 saturated heterocycles.